The molecule has 0 spiro atoms. The summed E-state index contributed by atoms with van der Waals surface area (Å²) in [4.78, 5) is 23.5. The van der Waals surface area contributed by atoms with Crippen molar-refractivity contribution >= 4 is 13.7 Å². The van der Waals surface area contributed by atoms with Gasteiger partial charge in [-0.2, -0.15) is 0 Å². The summed E-state index contributed by atoms with van der Waals surface area (Å²) in [5.41, 5.74) is 0. The van der Waals surface area contributed by atoms with Gasteiger partial charge >= 0.3 is 7.82 Å². The van der Waals surface area contributed by atoms with Crippen LogP contribution in [0, 0.1) is 0 Å². The smallest absolute Gasteiger partial charge is 0.387 e. The maximum atomic E-state index is 13.0. The first-order valence-corrected chi connectivity index (χ1v) is 33.1. The maximum absolute atomic E-state index is 13.0. The van der Waals surface area contributed by atoms with Crippen molar-refractivity contribution < 1.29 is 53.9 Å². The first kappa shape index (κ1) is 71.1. The molecule has 1 fully saturated rings. The van der Waals surface area contributed by atoms with Gasteiger partial charge < -0.3 is 40.8 Å². The molecule has 8 N–H and O–H groups in total. The third-order valence-electron chi connectivity index (χ3n) is 15.6. The molecule has 0 radical (unpaired) electrons. The summed E-state index contributed by atoms with van der Waals surface area (Å²) >= 11 is 0. The van der Waals surface area contributed by atoms with Crippen LogP contribution in [0.1, 0.15) is 316 Å². The zero-order valence-electron chi connectivity index (χ0n) is 47.9. The number of unbranched alkanes of at least 4 members (excludes halogenated alkanes) is 44. The van der Waals surface area contributed by atoms with Gasteiger partial charge in [-0.25, -0.2) is 4.57 Å². The van der Waals surface area contributed by atoms with Crippen LogP contribution >= 0.6 is 7.82 Å². The Morgan fingerprint density at radius 2 is 0.716 bits per heavy atom. The molecule has 1 rings (SSSR count). The van der Waals surface area contributed by atoms with Gasteiger partial charge in [0.1, 0.15) is 36.6 Å². The van der Waals surface area contributed by atoms with E-state index in [1.165, 1.54) is 244 Å². The van der Waals surface area contributed by atoms with Crippen LogP contribution in [0.2, 0.25) is 0 Å². The van der Waals surface area contributed by atoms with Gasteiger partial charge in [0, 0.05) is 6.42 Å². The second kappa shape index (κ2) is 50.3. The minimum atomic E-state index is -5.08. The summed E-state index contributed by atoms with van der Waals surface area (Å²) in [5, 5.41) is 64.2. The monoisotopic (exact) mass is 1070 g/mol. The van der Waals surface area contributed by atoms with Crippen LogP contribution in [0.5, 0.6) is 0 Å². The van der Waals surface area contributed by atoms with Crippen molar-refractivity contribution in [1.29, 1.82) is 0 Å². The van der Waals surface area contributed by atoms with Crippen molar-refractivity contribution in [1.82, 2.24) is 5.32 Å². The molecule has 440 valence electrons. The fraction of sp³-hybridized carbons (Fsp3) is 0.951. The predicted octanol–water partition coefficient (Wildman–Crippen LogP) is 15.1. The number of aliphatic hydroxyl groups is 6. The zero-order chi connectivity index (χ0) is 54.2. The average Bonchev–Trinajstić information content (AvgIpc) is 3.39. The molecule has 1 aliphatic carbocycles. The lowest BCUT2D eigenvalue weighted by Crippen LogP contribution is -2.64. The van der Waals surface area contributed by atoms with Crippen LogP contribution in [0.3, 0.4) is 0 Å². The Balaban J connectivity index is 2.14. The number of aliphatic hydroxyl groups excluding tert-OH is 6. The quantitative estimate of drug-likeness (QED) is 0.0163. The average molecular weight is 1070 g/mol. The van der Waals surface area contributed by atoms with Gasteiger partial charge in [-0.15, -0.1) is 0 Å². The molecule has 0 bridgehead atoms. The van der Waals surface area contributed by atoms with E-state index in [-0.39, 0.29) is 12.3 Å². The largest absolute Gasteiger partial charge is 0.472 e. The van der Waals surface area contributed by atoms with Crippen LogP contribution in [0.25, 0.3) is 0 Å². The number of allylic oxidation sites excluding steroid dienone is 1. The van der Waals surface area contributed by atoms with Crippen molar-refractivity contribution in [2.24, 2.45) is 0 Å². The molecular weight excluding hydrogens is 954 g/mol. The number of carbonyl (C=O) groups excluding carboxylic acids is 1. The Kier molecular flexibility index (Phi) is 48.3. The third-order valence-corrected chi connectivity index (χ3v) is 16.6. The minimum Gasteiger partial charge on any atom is -0.387 e. The lowest BCUT2D eigenvalue weighted by molar-refractivity contribution is -0.220. The van der Waals surface area contributed by atoms with Gasteiger partial charge in [0.05, 0.1) is 18.8 Å². The molecule has 1 amide bonds. The molecule has 9 atom stereocenters. The number of nitrogens with one attached hydrogen (secondary N) is 1. The van der Waals surface area contributed by atoms with Crippen molar-refractivity contribution in [3.63, 3.8) is 0 Å². The van der Waals surface area contributed by atoms with Crippen LogP contribution < -0.4 is 5.32 Å². The molecule has 0 saturated heterocycles. The van der Waals surface area contributed by atoms with Crippen molar-refractivity contribution in [3.05, 3.63) is 12.2 Å². The fourth-order valence-corrected chi connectivity index (χ4v) is 11.5. The molecule has 6 unspecified atom stereocenters. The molecule has 12 nitrogen and oxygen atoms in total. The lowest BCUT2D eigenvalue weighted by atomic mass is 9.85. The molecule has 0 aromatic rings. The number of amides is 1. The van der Waals surface area contributed by atoms with E-state index in [4.69, 9.17) is 9.05 Å². The molecule has 0 aliphatic heterocycles. The highest BCUT2D eigenvalue weighted by atomic mass is 31.2. The van der Waals surface area contributed by atoms with Crippen LogP contribution in [-0.4, -0.2) is 96.8 Å². The second-order valence-corrected chi connectivity index (χ2v) is 24.0. The van der Waals surface area contributed by atoms with Crippen molar-refractivity contribution in [2.45, 2.75) is 364 Å². The van der Waals surface area contributed by atoms with Gasteiger partial charge in [0.15, 0.2) is 0 Å². The van der Waals surface area contributed by atoms with E-state index in [0.717, 1.165) is 44.9 Å². The number of hydrogen-bond donors (Lipinski definition) is 8. The summed E-state index contributed by atoms with van der Waals surface area (Å²) in [6, 6.07) is -1.11. The molecule has 1 aliphatic rings. The number of carbonyl (C=O) groups is 1. The number of phosphoric ester groups is 1. The SMILES string of the molecule is CCCCCCCCCCCC/C=C/[C@@H](O)[C@H](COP(=O)(O)OC1C(O)C(O)C(O)[C@@H](O)C1O)NC(=O)CCCCCCCCCCCCCCCCCCCCCCCCCCCCCCCCCCCCC. The van der Waals surface area contributed by atoms with E-state index in [1.807, 2.05) is 6.08 Å². The van der Waals surface area contributed by atoms with E-state index in [9.17, 15) is 44.9 Å². The normalized spacial score (nSPS) is 20.8. The van der Waals surface area contributed by atoms with E-state index in [1.54, 1.807) is 6.08 Å². The second-order valence-electron chi connectivity index (χ2n) is 22.6. The lowest BCUT2D eigenvalue weighted by Gasteiger charge is -2.41. The van der Waals surface area contributed by atoms with Gasteiger partial charge in [-0.3, -0.25) is 13.8 Å². The molecule has 0 heterocycles. The topological polar surface area (TPSA) is 206 Å². The number of phosphoric acid groups is 1. The molecule has 13 heteroatoms. The van der Waals surface area contributed by atoms with Gasteiger partial charge in [0.25, 0.3) is 0 Å². The molecule has 74 heavy (non-hydrogen) atoms. The van der Waals surface area contributed by atoms with Crippen LogP contribution in [-0.2, 0) is 18.4 Å². The highest BCUT2D eigenvalue weighted by Crippen LogP contribution is 2.47. The Bertz CT molecular complexity index is 1290. The minimum absolute atomic E-state index is 0.219. The number of hydrogen-bond acceptors (Lipinski definition) is 10. The van der Waals surface area contributed by atoms with Crippen LogP contribution in [0.4, 0.5) is 0 Å². The standard InChI is InChI=1S/C61H120NO11P/c1-3-5-7-9-11-13-15-17-18-19-20-21-22-23-24-25-26-27-28-29-30-31-32-33-34-35-36-37-38-39-41-43-45-47-49-51-55(64)62-53(54(63)50-48-46-44-42-40-16-14-12-10-8-6-4-2)52-72-74(70,71)73-61-59(68)57(66)56(65)58(67)60(61)69/h48,50,53-54,56-61,63,65-69H,3-47,49,51-52H2,1-2H3,(H,62,64)(H,70,71)/b50-48+/t53-,54+,56?,57+,58?,59?,60?,61?/m0/s1. The zero-order valence-corrected chi connectivity index (χ0v) is 48.8. The Labute approximate surface area is 454 Å². The first-order valence-electron chi connectivity index (χ1n) is 31.6. The first-order chi connectivity index (χ1) is 35.9. The Morgan fingerprint density at radius 3 is 1.03 bits per heavy atom. The summed E-state index contributed by atoms with van der Waals surface area (Å²) in [5.74, 6) is -0.334. The highest BCUT2D eigenvalue weighted by Gasteiger charge is 2.51. The summed E-state index contributed by atoms with van der Waals surface area (Å²) in [6.07, 6.45) is 50.5. The molecule has 0 aromatic heterocycles. The third kappa shape index (κ3) is 40.3. The predicted molar refractivity (Wildman–Crippen MR) is 306 cm³/mol. The fourth-order valence-electron chi connectivity index (χ4n) is 10.5. The van der Waals surface area contributed by atoms with Gasteiger partial charge in [-0.05, 0) is 19.3 Å². The summed E-state index contributed by atoms with van der Waals surface area (Å²) < 4.78 is 23.0. The summed E-state index contributed by atoms with van der Waals surface area (Å²) in [7, 11) is -5.08. The van der Waals surface area contributed by atoms with Crippen molar-refractivity contribution in [2.75, 3.05) is 6.61 Å². The molecular formula is C61H120NO11P. The van der Waals surface area contributed by atoms with E-state index in [0.29, 0.717) is 6.42 Å². The van der Waals surface area contributed by atoms with Gasteiger partial charge in [0.2, 0.25) is 5.91 Å². The van der Waals surface area contributed by atoms with Crippen molar-refractivity contribution in [3.8, 4) is 0 Å². The molecule has 0 aromatic carbocycles. The van der Waals surface area contributed by atoms with Gasteiger partial charge in [-0.1, -0.05) is 302 Å². The summed E-state index contributed by atoms with van der Waals surface area (Å²) in [6.45, 7) is 3.87. The Hall–Kier alpha value is -0.920. The highest BCUT2D eigenvalue weighted by molar-refractivity contribution is 7.47. The van der Waals surface area contributed by atoms with Crippen LogP contribution in [0.15, 0.2) is 12.2 Å². The number of rotatable bonds is 55. The van der Waals surface area contributed by atoms with E-state index in [2.05, 4.69) is 19.2 Å². The molecule has 1 saturated carbocycles. The Morgan fingerprint density at radius 1 is 0.446 bits per heavy atom. The maximum Gasteiger partial charge on any atom is 0.472 e. The van der Waals surface area contributed by atoms with E-state index >= 15 is 0 Å². The van der Waals surface area contributed by atoms with E-state index < -0.39 is 63.2 Å².